The average Bonchev–Trinajstić information content (AvgIpc) is 2.59. The Labute approximate surface area is 156 Å². The molecule has 0 bridgehead atoms. The molecule has 1 fully saturated rings. The lowest BCUT2D eigenvalue weighted by Gasteiger charge is -2.34. The largest absolute Gasteiger partial charge is 0.322 e. The molecule has 2 aromatic carbocycles. The molecule has 1 aliphatic rings. The van der Waals surface area contributed by atoms with Gasteiger partial charge in [0.05, 0.1) is 12.2 Å². The summed E-state index contributed by atoms with van der Waals surface area (Å²) in [6.45, 7) is 4.18. The van der Waals surface area contributed by atoms with E-state index in [-0.39, 0.29) is 18.1 Å². The van der Waals surface area contributed by atoms with Gasteiger partial charge in [0.2, 0.25) is 5.91 Å². The van der Waals surface area contributed by atoms with Gasteiger partial charge in [-0.05, 0) is 29.8 Å². The van der Waals surface area contributed by atoms with E-state index in [0.717, 1.165) is 55.4 Å². The second-order valence-electron chi connectivity index (χ2n) is 6.35. The Bertz CT molecular complexity index is 779. The Hall–Kier alpha value is -2.02. The normalized spacial score (nSPS) is 15.8. The number of hydrogen-bond acceptors (Lipinski definition) is 3. The van der Waals surface area contributed by atoms with Gasteiger partial charge in [-0.1, -0.05) is 23.7 Å². The highest BCUT2D eigenvalue weighted by Gasteiger charge is 2.19. The molecule has 1 saturated heterocycles. The first kappa shape index (κ1) is 18.8. The molecule has 1 aliphatic heterocycles. The SMILES string of the molecule is O=C(CN1CCN(Cc2cccc(Cl)c2)CC1)Nc1ccc(F)cc1F. The van der Waals surface area contributed by atoms with E-state index in [0.29, 0.717) is 0 Å². The van der Waals surface area contributed by atoms with Crippen molar-refractivity contribution in [3.63, 3.8) is 0 Å². The van der Waals surface area contributed by atoms with Crippen molar-refractivity contribution in [2.24, 2.45) is 0 Å². The van der Waals surface area contributed by atoms with Crippen LogP contribution in [0, 0.1) is 11.6 Å². The zero-order valence-electron chi connectivity index (χ0n) is 14.2. The number of carbonyl (C=O) groups is 1. The number of hydrogen-bond donors (Lipinski definition) is 1. The van der Waals surface area contributed by atoms with E-state index in [1.165, 1.54) is 6.07 Å². The second kappa shape index (κ2) is 8.58. The number of rotatable bonds is 5. The number of halogens is 3. The standard InChI is InChI=1S/C19H20ClF2N3O/c20-15-3-1-2-14(10-15)12-24-6-8-25(9-7-24)13-19(26)23-18-5-4-16(21)11-17(18)22/h1-5,10-11H,6-9,12-13H2,(H,23,26). The predicted octanol–water partition coefficient (Wildman–Crippen LogP) is 3.37. The molecule has 0 aromatic heterocycles. The summed E-state index contributed by atoms with van der Waals surface area (Å²) in [6.07, 6.45) is 0. The number of benzene rings is 2. The van der Waals surface area contributed by atoms with Gasteiger partial charge in [-0.25, -0.2) is 8.78 Å². The number of piperazine rings is 1. The Kier molecular flexibility index (Phi) is 6.19. The van der Waals surface area contributed by atoms with Crippen LogP contribution in [0.25, 0.3) is 0 Å². The maximum atomic E-state index is 13.6. The smallest absolute Gasteiger partial charge is 0.238 e. The van der Waals surface area contributed by atoms with Crippen molar-refractivity contribution in [3.05, 3.63) is 64.7 Å². The van der Waals surface area contributed by atoms with Gasteiger partial charge in [0.15, 0.2) is 0 Å². The first-order chi connectivity index (χ1) is 12.5. The lowest BCUT2D eigenvalue weighted by atomic mass is 10.2. The molecule has 0 saturated carbocycles. The molecule has 138 valence electrons. The maximum absolute atomic E-state index is 13.6. The second-order valence-corrected chi connectivity index (χ2v) is 6.79. The van der Waals surface area contributed by atoms with Gasteiger partial charge in [0.25, 0.3) is 0 Å². The van der Waals surface area contributed by atoms with Gasteiger partial charge in [0.1, 0.15) is 11.6 Å². The minimum Gasteiger partial charge on any atom is -0.322 e. The van der Waals surface area contributed by atoms with Crippen molar-refractivity contribution in [2.75, 3.05) is 38.0 Å². The van der Waals surface area contributed by atoms with Crippen LogP contribution in [0.5, 0.6) is 0 Å². The van der Waals surface area contributed by atoms with Crippen LogP contribution in [0.1, 0.15) is 5.56 Å². The molecule has 26 heavy (non-hydrogen) atoms. The highest BCUT2D eigenvalue weighted by atomic mass is 35.5. The van der Waals surface area contributed by atoms with Crippen LogP contribution < -0.4 is 5.32 Å². The third-order valence-electron chi connectivity index (χ3n) is 4.33. The van der Waals surface area contributed by atoms with Gasteiger partial charge >= 0.3 is 0 Å². The Morgan fingerprint density at radius 3 is 2.46 bits per heavy atom. The van der Waals surface area contributed by atoms with Crippen LogP contribution in [0.15, 0.2) is 42.5 Å². The molecule has 2 aromatic rings. The summed E-state index contributed by atoms with van der Waals surface area (Å²) >= 11 is 6.01. The number of nitrogens with one attached hydrogen (secondary N) is 1. The van der Waals surface area contributed by atoms with Crippen LogP contribution in [-0.4, -0.2) is 48.4 Å². The molecule has 1 N–H and O–H groups in total. The van der Waals surface area contributed by atoms with E-state index in [1.54, 1.807) is 0 Å². The number of anilines is 1. The lowest BCUT2D eigenvalue weighted by Crippen LogP contribution is -2.48. The molecule has 1 amide bonds. The molecule has 3 rings (SSSR count). The number of nitrogens with zero attached hydrogens (tertiary/aromatic N) is 2. The fraction of sp³-hybridized carbons (Fsp3) is 0.316. The molecule has 0 atom stereocenters. The van der Waals surface area contributed by atoms with E-state index in [9.17, 15) is 13.6 Å². The van der Waals surface area contributed by atoms with E-state index in [2.05, 4.69) is 10.2 Å². The van der Waals surface area contributed by atoms with Crippen molar-refractivity contribution >= 4 is 23.2 Å². The van der Waals surface area contributed by atoms with Crippen molar-refractivity contribution in [1.82, 2.24) is 9.80 Å². The zero-order chi connectivity index (χ0) is 18.5. The van der Waals surface area contributed by atoms with E-state index < -0.39 is 11.6 Å². The van der Waals surface area contributed by atoms with Gasteiger partial charge < -0.3 is 5.32 Å². The Balaban J connectivity index is 1.45. The molecular formula is C19H20ClF2N3O. The zero-order valence-corrected chi connectivity index (χ0v) is 15.0. The quantitative estimate of drug-likeness (QED) is 0.865. The fourth-order valence-electron chi connectivity index (χ4n) is 2.98. The molecule has 0 unspecified atom stereocenters. The van der Waals surface area contributed by atoms with E-state index in [4.69, 9.17) is 11.6 Å². The van der Waals surface area contributed by atoms with Crippen molar-refractivity contribution in [1.29, 1.82) is 0 Å². The van der Waals surface area contributed by atoms with Crippen molar-refractivity contribution < 1.29 is 13.6 Å². The minimum absolute atomic E-state index is 0.00371. The number of amides is 1. The lowest BCUT2D eigenvalue weighted by molar-refractivity contribution is -0.117. The summed E-state index contributed by atoms with van der Waals surface area (Å²) in [5.41, 5.74) is 1.16. The summed E-state index contributed by atoms with van der Waals surface area (Å²) in [6, 6.07) is 10.9. The number of carbonyl (C=O) groups excluding carboxylic acids is 1. The molecule has 4 nitrogen and oxygen atoms in total. The third kappa shape index (κ3) is 5.24. The Morgan fingerprint density at radius 1 is 1.04 bits per heavy atom. The Morgan fingerprint density at radius 2 is 1.77 bits per heavy atom. The summed E-state index contributed by atoms with van der Waals surface area (Å²) in [5.74, 6) is -1.75. The molecular weight excluding hydrogens is 360 g/mol. The van der Waals surface area contributed by atoms with Gasteiger partial charge in [0, 0.05) is 43.8 Å². The first-order valence-electron chi connectivity index (χ1n) is 8.43. The fourth-order valence-corrected chi connectivity index (χ4v) is 3.20. The van der Waals surface area contributed by atoms with Gasteiger partial charge in [-0.3, -0.25) is 14.6 Å². The topological polar surface area (TPSA) is 35.6 Å². The summed E-state index contributed by atoms with van der Waals surface area (Å²) < 4.78 is 26.5. The van der Waals surface area contributed by atoms with Crippen LogP contribution in [0.2, 0.25) is 5.02 Å². The molecule has 0 aliphatic carbocycles. The highest BCUT2D eigenvalue weighted by Crippen LogP contribution is 2.16. The van der Waals surface area contributed by atoms with E-state index in [1.807, 2.05) is 29.2 Å². The average molecular weight is 380 g/mol. The first-order valence-corrected chi connectivity index (χ1v) is 8.81. The molecule has 7 heteroatoms. The monoisotopic (exact) mass is 379 g/mol. The van der Waals surface area contributed by atoms with Crippen molar-refractivity contribution in [2.45, 2.75) is 6.54 Å². The summed E-state index contributed by atoms with van der Waals surface area (Å²) in [7, 11) is 0. The summed E-state index contributed by atoms with van der Waals surface area (Å²) in [4.78, 5) is 16.4. The van der Waals surface area contributed by atoms with Crippen LogP contribution in [0.4, 0.5) is 14.5 Å². The summed E-state index contributed by atoms with van der Waals surface area (Å²) in [5, 5.41) is 3.22. The predicted molar refractivity (Wildman–Crippen MR) is 98.2 cm³/mol. The van der Waals surface area contributed by atoms with E-state index >= 15 is 0 Å². The molecule has 0 radical (unpaired) electrons. The minimum atomic E-state index is -0.773. The van der Waals surface area contributed by atoms with Crippen LogP contribution in [-0.2, 0) is 11.3 Å². The highest BCUT2D eigenvalue weighted by molar-refractivity contribution is 6.30. The van der Waals surface area contributed by atoms with Crippen molar-refractivity contribution in [3.8, 4) is 0 Å². The van der Waals surface area contributed by atoms with Gasteiger partial charge in [-0.15, -0.1) is 0 Å². The van der Waals surface area contributed by atoms with Crippen LogP contribution in [0.3, 0.4) is 0 Å². The molecule has 0 spiro atoms. The van der Waals surface area contributed by atoms with Crippen LogP contribution >= 0.6 is 11.6 Å². The maximum Gasteiger partial charge on any atom is 0.238 e. The molecule has 1 heterocycles. The third-order valence-corrected chi connectivity index (χ3v) is 4.57. The van der Waals surface area contributed by atoms with Gasteiger partial charge in [-0.2, -0.15) is 0 Å².